The van der Waals surface area contributed by atoms with Gasteiger partial charge in [0.1, 0.15) is 0 Å². The average molecular weight is 228 g/mol. The van der Waals surface area contributed by atoms with Crippen LogP contribution in [0, 0.1) is 5.92 Å². The van der Waals surface area contributed by atoms with Crippen molar-refractivity contribution in [3.63, 3.8) is 0 Å². The highest BCUT2D eigenvalue weighted by Crippen LogP contribution is 2.13. The van der Waals surface area contributed by atoms with Gasteiger partial charge in [-0.3, -0.25) is 4.79 Å². The third-order valence-electron chi connectivity index (χ3n) is 2.64. The van der Waals surface area contributed by atoms with Crippen molar-refractivity contribution in [2.75, 3.05) is 33.4 Å². The SMILES string of the molecule is C=COCCCNC(=O)C1COCC1NC. The summed E-state index contributed by atoms with van der Waals surface area (Å²) < 4.78 is 10.2. The van der Waals surface area contributed by atoms with Crippen molar-refractivity contribution in [2.45, 2.75) is 12.5 Å². The number of hydrogen-bond donors (Lipinski definition) is 2. The van der Waals surface area contributed by atoms with Crippen LogP contribution in [-0.4, -0.2) is 45.4 Å². The van der Waals surface area contributed by atoms with Crippen LogP contribution < -0.4 is 10.6 Å². The standard InChI is InChI=1S/C11H20N2O3/c1-3-15-6-4-5-13-11(14)9-7-16-8-10(9)12-2/h3,9-10,12H,1,4-8H2,2H3,(H,13,14). The van der Waals surface area contributed by atoms with E-state index in [1.807, 2.05) is 7.05 Å². The monoisotopic (exact) mass is 228 g/mol. The fourth-order valence-corrected chi connectivity index (χ4v) is 1.68. The van der Waals surface area contributed by atoms with E-state index in [1.54, 1.807) is 0 Å². The van der Waals surface area contributed by atoms with E-state index in [9.17, 15) is 4.79 Å². The zero-order chi connectivity index (χ0) is 11.8. The molecule has 0 saturated carbocycles. The van der Waals surface area contributed by atoms with E-state index in [0.717, 1.165) is 6.42 Å². The molecule has 1 heterocycles. The van der Waals surface area contributed by atoms with Crippen LogP contribution in [0.5, 0.6) is 0 Å². The normalized spacial score (nSPS) is 24.1. The van der Waals surface area contributed by atoms with E-state index < -0.39 is 0 Å². The Morgan fingerprint density at radius 1 is 1.62 bits per heavy atom. The molecule has 2 unspecified atom stereocenters. The molecule has 2 atom stereocenters. The minimum absolute atomic E-state index is 0.0513. The van der Waals surface area contributed by atoms with Crippen molar-refractivity contribution in [1.82, 2.24) is 10.6 Å². The maximum atomic E-state index is 11.8. The Hall–Kier alpha value is -1.07. The molecule has 0 spiro atoms. The van der Waals surface area contributed by atoms with E-state index in [-0.39, 0.29) is 17.9 Å². The molecule has 92 valence electrons. The minimum atomic E-state index is -0.0784. The Balaban J connectivity index is 2.16. The second-order valence-corrected chi connectivity index (χ2v) is 3.72. The first-order valence-corrected chi connectivity index (χ1v) is 5.54. The molecule has 1 amide bonds. The molecule has 16 heavy (non-hydrogen) atoms. The summed E-state index contributed by atoms with van der Waals surface area (Å²) >= 11 is 0. The van der Waals surface area contributed by atoms with E-state index in [1.165, 1.54) is 6.26 Å². The maximum absolute atomic E-state index is 11.8. The van der Waals surface area contributed by atoms with Crippen LogP contribution >= 0.6 is 0 Å². The van der Waals surface area contributed by atoms with Gasteiger partial charge in [-0.2, -0.15) is 0 Å². The lowest BCUT2D eigenvalue weighted by Gasteiger charge is -2.16. The average Bonchev–Trinajstić information content (AvgIpc) is 2.76. The van der Waals surface area contributed by atoms with Crippen LogP contribution in [0.1, 0.15) is 6.42 Å². The van der Waals surface area contributed by atoms with E-state index in [4.69, 9.17) is 9.47 Å². The number of nitrogens with one attached hydrogen (secondary N) is 2. The predicted molar refractivity (Wildman–Crippen MR) is 60.9 cm³/mol. The highest BCUT2D eigenvalue weighted by atomic mass is 16.5. The Kier molecular flexibility index (Phi) is 5.88. The lowest BCUT2D eigenvalue weighted by Crippen LogP contribution is -2.42. The van der Waals surface area contributed by atoms with Crippen molar-refractivity contribution >= 4 is 5.91 Å². The van der Waals surface area contributed by atoms with Crippen LogP contribution in [0.2, 0.25) is 0 Å². The third-order valence-corrected chi connectivity index (χ3v) is 2.64. The summed E-state index contributed by atoms with van der Waals surface area (Å²) in [7, 11) is 1.84. The number of ether oxygens (including phenoxy) is 2. The highest BCUT2D eigenvalue weighted by Gasteiger charge is 2.32. The summed E-state index contributed by atoms with van der Waals surface area (Å²) in [5.41, 5.74) is 0. The Morgan fingerprint density at radius 3 is 3.12 bits per heavy atom. The van der Waals surface area contributed by atoms with Crippen LogP contribution in [0.3, 0.4) is 0 Å². The number of hydrogen-bond acceptors (Lipinski definition) is 4. The molecule has 5 nitrogen and oxygen atoms in total. The summed E-state index contributed by atoms with van der Waals surface area (Å²) in [5.74, 6) is -0.0271. The van der Waals surface area contributed by atoms with Crippen LogP contribution in [0.4, 0.5) is 0 Å². The third kappa shape index (κ3) is 3.83. The zero-order valence-corrected chi connectivity index (χ0v) is 9.70. The molecular formula is C11H20N2O3. The molecule has 5 heteroatoms. The first-order valence-electron chi connectivity index (χ1n) is 5.54. The number of carbonyl (C=O) groups excluding carboxylic acids is 1. The van der Waals surface area contributed by atoms with Crippen molar-refractivity contribution in [1.29, 1.82) is 0 Å². The Bertz CT molecular complexity index is 233. The second kappa shape index (κ2) is 7.24. The molecule has 1 rings (SSSR count). The van der Waals surface area contributed by atoms with Gasteiger partial charge < -0.3 is 20.1 Å². The van der Waals surface area contributed by atoms with Gasteiger partial charge in [0.25, 0.3) is 0 Å². The second-order valence-electron chi connectivity index (χ2n) is 3.72. The molecule has 2 N–H and O–H groups in total. The number of carbonyl (C=O) groups is 1. The van der Waals surface area contributed by atoms with Crippen molar-refractivity contribution < 1.29 is 14.3 Å². The topological polar surface area (TPSA) is 59.6 Å². The molecule has 1 aliphatic rings. The van der Waals surface area contributed by atoms with Crippen molar-refractivity contribution in [2.24, 2.45) is 5.92 Å². The Labute approximate surface area is 96.2 Å². The van der Waals surface area contributed by atoms with Gasteiger partial charge in [-0.05, 0) is 13.5 Å². The van der Waals surface area contributed by atoms with Gasteiger partial charge in [0.05, 0.1) is 32.0 Å². The van der Waals surface area contributed by atoms with E-state index >= 15 is 0 Å². The van der Waals surface area contributed by atoms with Crippen molar-refractivity contribution in [3.8, 4) is 0 Å². The van der Waals surface area contributed by atoms with Gasteiger partial charge in [-0.15, -0.1) is 0 Å². The lowest BCUT2D eigenvalue weighted by molar-refractivity contribution is -0.125. The Morgan fingerprint density at radius 2 is 2.44 bits per heavy atom. The summed E-state index contributed by atoms with van der Waals surface area (Å²) in [6.45, 7) is 5.76. The molecule has 0 bridgehead atoms. The fourth-order valence-electron chi connectivity index (χ4n) is 1.68. The molecule has 1 fully saturated rings. The predicted octanol–water partition coefficient (Wildman–Crippen LogP) is -0.113. The molecule has 0 aromatic rings. The molecule has 0 radical (unpaired) electrons. The van der Waals surface area contributed by atoms with Gasteiger partial charge in [-0.1, -0.05) is 6.58 Å². The summed E-state index contributed by atoms with van der Waals surface area (Å²) in [6, 6.07) is 0.129. The molecule has 1 saturated heterocycles. The first kappa shape index (κ1) is 13.0. The van der Waals surface area contributed by atoms with Crippen LogP contribution in [0.25, 0.3) is 0 Å². The molecule has 0 aromatic heterocycles. The lowest BCUT2D eigenvalue weighted by atomic mass is 10.0. The van der Waals surface area contributed by atoms with Crippen molar-refractivity contribution in [3.05, 3.63) is 12.8 Å². The van der Waals surface area contributed by atoms with E-state index in [2.05, 4.69) is 17.2 Å². The minimum Gasteiger partial charge on any atom is -0.502 e. The van der Waals surface area contributed by atoms with Crippen LogP contribution in [0.15, 0.2) is 12.8 Å². The van der Waals surface area contributed by atoms with Crippen LogP contribution in [-0.2, 0) is 14.3 Å². The largest absolute Gasteiger partial charge is 0.502 e. The molecule has 0 aromatic carbocycles. The zero-order valence-electron chi connectivity index (χ0n) is 9.70. The fraction of sp³-hybridized carbons (Fsp3) is 0.727. The smallest absolute Gasteiger partial charge is 0.227 e. The van der Waals surface area contributed by atoms with Gasteiger partial charge in [-0.25, -0.2) is 0 Å². The molecular weight excluding hydrogens is 208 g/mol. The van der Waals surface area contributed by atoms with E-state index in [0.29, 0.717) is 26.4 Å². The number of likely N-dealkylation sites (N-methyl/N-ethyl adjacent to an activating group) is 1. The van der Waals surface area contributed by atoms with Gasteiger partial charge in [0.15, 0.2) is 0 Å². The van der Waals surface area contributed by atoms with Gasteiger partial charge >= 0.3 is 0 Å². The highest BCUT2D eigenvalue weighted by molar-refractivity contribution is 5.79. The summed E-state index contributed by atoms with van der Waals surface area (Å²) in [6.07, 6.45) is 2.19. The molecule has 0 aliphatic carbocycles. The quantitative estimate of drug-likeness (QED) is 0.471. The first-order chi connectivity index (χ1) is 7.79. The molecule has 1 aliphatic heterocycles. The van der Waals surface area contributed by atoms with Gasteiger partial charge in [0.2, 0.25) is 5.91 Å². The number of amides is 1. The summed E-state index contributed by atoms with van der Waals surface area (Å²) in [4.78, 5) is 11.8. The maximum Gasteiger partial charge on any atom is 0.227 e. The van der Waals surface area contributed by atoms with Gasteiger partial charge in [0, 0.05) is 12.6 Å². The summed E-state index contributed by atoms with van der Waals surface area (Å²) in [5, 5.41) is 5.96. The number of rotatable bonds is 7.